The highest BCUT2D eigenvalue weighted by molar-refractivity contribution is 4.76. The van der Waals surface area contributed by atoms with Gasteiger partial charge in [-0.2, -0.15) is 13.2 Å². The van der Waals surface area contributed by atoms with Crippen LogP contribution in [0.15, 0.2) is 0 Å². The molecule has 0 heterocycles. The van der Waals surface area contributed by atoms with E-state index in [-0.39, 0.29) is 6.61 Å². The van der Waals surface area contributed by atoms with Crippen LogP contribution in [0.5, 0.6) is 0 Å². The van der Waals surface area contributed by atoms with Gasteiger partial charge in [0.2, 0.25) is 0 Å². The lowest BCUT2D eigenvalue weighted by Crippen LogP contribution is -2.40. The number of unbranched alkanes of at least 4 members (excludes halogenated alkanes) is 1. The van der Waals surface area contributed by atoms with Gasteiger partial charge in [0, 0.05) is 5.54 Å². The molecule has 0 aromatic carbocycles. The maximum absolute atomic E-state index is 12.0. The number of nitrogens with two attached hydrogens (primary N) is 1. The Labute approximate surface area is 94.4 Å². The van der Waals surface area contributed by atoms with Crippen LogP contribution in [0.1, 0.15) is 26.2 Å². The molecule has 0 aromatic heterocycles. The van der Waals surface area contributed by atoms with Crippen LogP contribution in [0.25, 0.3) is 0 Å². The van der Waals surface area contributed by atoms with Crippen LogP contribution in [0, 0.1) is 0 Å². The van der Waals surface area contributed by atoms with E-state index in [9.17, 15) is 13.2 Å². The summed E-state index contributed by atoms with van der Waals surface area (Å²) in [6.07, 6.45) is -2.15. The highest BCUT2D eigenvalue weighted by atomic mass is 19.4. The van der Waals surface area contributed by atoms with Gasteiger partial charge in [-0.3, -0.25) is 4.90 Å². The number of rotatable bonds is 7. The summed E-state index contributed by atoms with van der Waals surface area (Å²) in [5.74, 6) is 0. The minimum absolute atomic E-state index is 0.106. The summed E-state index contributed by atoms with van der Waals surface area (Å²) in [6, 6.07) is 0. The molecule has 0 rings (SSSR count). The maximum atomic E-state index is 12.0. The van der Waals surface area contributed by atoms with Gasteiger partial charge in [0.1, 0.15) is 0 Å². The third-order valence-corrected chi connectivity index (χ3v) is 2.35. The van der Waals surface area contributed by atoms with E-state index in [0.717, 1.165) is 6.42 Å². The quantitative estimate of drug-likeness (QED) is 0.663. The van der Waals surface area contributed by atoms with Crippen LogP contribution >= 0.6 is 0 Å². The van der Waals surface area contributed by atoms with Crippen molar-refractivity contribution in [3.63, 3.8) is 0 Å². The first kappa shape index (κ1) is 15.7. The highest BCUT2D eigenvalue weighted by Gasteiger charge is 2.28. The second-order valence-corrected chi connectivity index (χ2v) is 4.62. The van der Waals surface area contributed by atoms with E-state index >= 15 is 0 Å². The van der Waals surface area contributed by atoms with Crippen molar-refractivity contribution in [2.45, 2.75) is 37.9 Å². The molecule has 0 aliphatic heterocycles. The highest BCUT2D eigenvalue weighted by Crippen LogP contribution is 2.16. The Hall–Kier alpha value is -0.330. The van der Waals surface area contributed by atoms with E-state index in [4.69, 9.17) is 10.8 Å². The molecule has 0 amide bonds. The molecule has 6 heteroatoms. The van der Waals surface area contributed by atoms with Crippen molar-refractivity contribution in [3.8, 4) is 0 Å². The zero-order valence-electron chi connectivity index (χ0n) is 9.85. The van der Waals surface area contributed by atoms with Crippen LogP contribution in [0.3, 0.4) is 0 Å². The molecule has 0 fully saturated rings. The lowest BCUT2D eigenvalue weighted by Gasteiger charge is -2.22. The molecule has 0 radical (unpaired) electrons. The Morgan fingerprint density at radius 1 is 1.25 bits per heavy atom. The fraction of sp³-hybridized carbons (Fsp3) is 1.00. The Kier molecular flexibility index (Phi) is 6.28. The minimum Gasteiger partial charge on any atom is -0.394 e. The van der Waals surface area contributed by atoms with Crippen molar-refractivity contribution in [3.05, 3.63) is 0 Å². The van der Waals surface area contributed by atoms with E-state index in [1.54, 1.807) is 6.92 Å². The molecule has 0 aliphatic carbocycles. The second kappa shape index (κ2) is 6.42. The minimum atomic E-state index is -4.14. The van der Waals surface area contributed by atoms with Gasteiger partial charge in [-0.25, -0.2) is 0 Å². The van der Waals surface area contributed by atoms with Gasteiger partial charge in [0.15, 0.2) is 0 Å². The van der Waals surface area contributed by atoms with E-state index in [2.05, 4.69) is 0 Å². The number of halogens is 3. The maximum Gasteiger partial charge on any atom is 0.401 e. The zero-order chi connectivity index (χ0) is 12.8. The standard InChI is InChI=1S/C10H21F3N2O/c1-9(14,8-16)5-3-4-6-15(2)7-10(11,12)13/h16H,3-8,14H2,1-2H3. The number of alkyl halides is 3. The Morgan fingerprint density at radius 3 is 2.25 bits per heavy atom. The van der Waals surface area contributed by atoms with Gasteiger partial charge in [0.05, 0.1) is 13.2 Å². The summed E-state index contributed by atoms with van der Waals surface area (Å²) in [5.41, 5.74) is 5.07. The summed E-state index contributed by atoms with van der Waals surface area (Å²) < 4.78 is 35.9. The molecule has 1 atom stereocenters. The molecule has 0 aromatic rings. The lowest BCUT2D eigenvalue weighted by molar-refractivity contribution is -0.143. The molecular formula is C10H21F3N2O. The number of hydrogen-bond donors (Lipinski definition) is 2. The van der Waals surface area contributed by atoms with Crippen molar-refractivity contribution in [2.75, 3.05) is 26.7 Å². The first-order valence-electron chi connectivity index (χ1n) is 5.31. The SMILES string of the molecule is CN(CCCCC(C)(N)CO)CC(F)(F)F. The summed E-state index contributed by atoms with van der Waals surface area (Å²) in [5, 5.41) is 8.87. The van der Waals surface area contributed by atoms with Gasteiger partial charge in [-0.05, 0) is 33.4 Å². The third-order valence-electron chi connectivity index (χ3n) is 2.35. The monoisotopic (exact) mass is 242 g/mol. The van der Waals surface area contributed by atoms with E-state index in [1.165, 1.54) is 11.9 Å². The molecule has 0 spiro atoms. The molecule has 3 nitrogen and oxygen atoms in total. The summed E-state index contributed by atoms with van der Waals surface area (Å²) in [4.78, 5) is 1.24. The first-order chi connectivity index (χ1) is 7.16. The van der Waals surface area contributed by atoms with E-state index in [0.29, 0.717) is 19.4 Å². The normalized spacial score (nSPS) is 16.5. The van der Waals surface area contributed by atoms with Crippen LogP contribution < -0.4 is 5.73 Å². The van der Waals surface area contributed by atoms with Gasteiger partial charge in [0.25, 0.3) is 0 Å². The number of nitrogens with zero attached hydrogens (tertiary/aromatic N) is 1. The number of aliphatic hydroxyl groups excluding tert-OH is 1. The molecule has 3 N–H and O–H groups in total. The van der Waals surface area contributed by atoms with Gasteiger partial charge in [-0.1, -0.05) is 6.42 Å². The summed E-state index contributed by atoms with van der Waals surface area (Å²) >= 11 is 0. The van der Waals surface area contributed by atoms with Crippen molar-refractivity contribution in [2.24, 2.45) is 5.73 Å². The molecule has 0 bridgehead atoms. The lowest BCUT2D eigenvalue weighted by atomic mass is 9.97. The predicted molar refractivity (Wildman–Crippen MR) is 57.1 cm³/mol. The number of hydrogen-bond acceptors (Lipinski definition) is 3. The van der Waals surface area contributed by atoms with Gasteiger partial charge in [-0.15, -0.1) is 0 Å². The third kappa shape index (κ3) is 8.94. The molecule has 0 saturated heterocycles. The van der Waals surface area contributed by atoms with Crippen molar-refractivity contribution in [1.82, 2.24) is 4.90 Å². The summed E-state index contributed by atoms with van der Waals surface area (Å²) in [6.45, 7) is 1.13. The van der Waals surface area contributed by atoms with E-state index < -0.39 is 18.3 Å². The van der Waals surface area contributed by atoms with E-state index in [1.807, 2.05) is 0 Å². The van der Waals surface area contributed by atoms with Crippen molar-refractivity contribution >= 4 is 0 Å². The fourth-order valence-electron chi connectivity index (χ4n) is 1.37. The van der Waals surface area contributed by atoms with Crippen molar-refractivity contribution < 1.29 is 18.3 Å². The van der Waals surface area contributed by atoms with Crippen LogP contribution in [-0.4, -0.2) is 48.5 Å². The van der Waals surface area contributed by atoms with Crippen LogP contribution in [0.4, 0.5) is 13.2 Å². The molecule has 1 unspecified atom stereocenters. The van der Waals surface area contributed by atoms with Crippen LogP contribution in [0.2, 0.25) is 0 Å². The molecule has 0 aliphatic rings. The molecular weight excluding hydrogens is 221 g/mol. The van der Waals surface area contributed by atoms with Crippen molar-refractivity contribution in [1.29, 1.82) is 0 Å². The van der Waals surface area contributed by atoms with Crippen LogP contribution in [-0.2, 0) is 0 Å². The first-order valence-corrected chi connectivity index (χ1v) is 5.31. The second-order valence-electron chi connectivity index (χ2n) is 4.62. The number of aliphatic hydroxyl groups is 1. The Balaban J connectivity index is 3.60. The Bertz CT molecular complexity index is 195. The molecule has 16 heavy (non-hydrogen) atoms. The van der Waals surface area contributed by atoms with Gasteiger partial charge >= 0.3 is 6.18 Å². The zero-order valence-corrected chi connectivity index (χ0v) is 9.85. The van der Waals surface area contributed by atoms with Gasteiger partial charge < -0.3 is 10.8 Å². The summed E-state index contributed by atoms with van der Waals surface area (Å²) in [7, 11) is 1.45. The topological polar surface area (TPSA) is 49.5 Å². The fourth-order valence-corrected chi connectivity index (χ4v) is 1.37. The molecule has 0 saturated carbocycles. The Morgan fingerprint density at radius 2 is 1.81 bits per heavy atom. The molecule has 98 valence electrons. The smallest absolute Gasteiger partial charge is 0.394 e. The average Bonchev–Trinajstić information content (AvgIpc) is 2.10. The largest absolute Gasteiger partial charge is 0.401 e. The predicted octanol–water partition coefficient (Wildman–Crippen LogP) is 1.36. The average molecular weight is 242 g/mol.